The van der Waals surface area contributed by atoms with Gasteiger partial charge in [-0.05, 0) is 37.8 Å². The van der Waals surface area contributed by atoms with E-state index in [1.807, 2.05) is 17.2 Å². The number of rotatable bonds is 2. The van der Waals surface area contributed by atoms with Crippen LogP contribution in [-0.4, -0.2) is 78.2 Å². The van der Waals surface area contributed by atoms with Crippen molar-refractivity contribution in [2.24, 2.45) is 0 Å². The summed E-state index contributed by atoms with van der Waals surface area (Å²) in [6, 6.07) is 6.74. The molecule has 0 unspecified atom stereocenters. The van der Waals surface area contributed by atoms with Crippen LogP contribution in [-0.2, 0) is 9.53 Å². The highest BCUT2D eigenvalue weighted by Gasteiger charge is 2.42. The Morgan fingerprint density at radius 3 is 2.58 bits per heavy atom. The average molecular weight is 358 g/mol. The fraction of sp³-hybridized carbons (Fsp3) is 0.700. The van der Waals surface area contributed by atoms with Gasteiger partial charge in [0, 0.05) is 65.0 Å². The molecule has 1 aromatic rings. The molecule has 3 fully saturated rings. The highest BCUT2D eigenvalue weighted by molar-refractivity contribution is 5.73. The van der Waals surface area contributed by atoms with Crippen LogP contribution in [0.5, 0.6) is 0 Å². The summed E-state index contributed by atoms with van der Waals surface area (Å²) in [6.45, 7) is 8.48. The van der Waals surface area contributed by atoms with Gasteiger partial charge in [-0.15, -0.1) is 0 Å². The number of pyridine rings is 1. The third-order valence-corrected chi connectivity index (χ3v) is 6.39. The summed E-state index contributed by atoms with van der Waals surface area (Å²) < 4.78 is 6.26. The number of nitrogens with zero attached hydrogens (tertiary/aromatic N) is 4. The lowest BCUT2D eigenvalue weighted by Crippen LogP contribution is -2.57. The molecule has 3 aliphatic rings. The number of carbonyl (C=O) groups is 1. The standard InChI is InChI=1S/C20H30N4O2/c1-17(25)22-9-6-20(7-10-22)16-18(5-15-26-20)23-11-13-24(14-12-23)19-4-2-3-8-21-19/h2-4,8,18H,5-7,9-16H2,1H3/t18-/m0/s1. The Labute approximate surface area is 156 Å². The Kier molecular flexibility index (Phi) is 5.14. The van der Waals surface area contributed by atoms with Crippen LogP contribution in [0, 0.1) is 0 Å². The molecule has 0 aliphatic carbocycles. The highest BCUT2D eigenvalue weighted by Crippen LogP contribution is 2.37. The number of hydrogen-bond acceptors (Lipinski definition) is 5. The van der Waals surface area contributed by atoms with E-state index >= 15 is 0 Å². The van der Waals surface area contributed by atoms with E-state index in [2.05, 4.69) is 26.9 Å². The van der Waals surface area contributed by atoms with Crippen molar-refractivity contribution in [3.8, 4) is 0 Å². The second-order valence-electron chi connectivity index (χ2n) is 7.90. The van der Waals surface area contributed by atoms with Gasteiger partial charge in [-0.3, -0.25) is 9.69 Å². The fourth-order valence-electron chi connectivity index (χ4n) is 4.75. The number of likely N-dealkylation sites (tertiary alicyclic amines) is 1. The maximum Gasteiger partial charge on any atom is 0.219 e. The summed E-state index contributed by atoms with van der Waals surface area (Å²) in [5.74, 6) is 1.28. The number of carbonyl (C=O) groups excluding carboxylic acids is 1. The van der Waals surface area contributed by atoms with E-state index in [-0.39, 0.29) is 11.5 Å². The SMILES string of the molecule is CC(=O)N1CCC2(CC1)C[C@@H](N1CCN(c3ccccn3)CC1)CCO2. The molecule has 0 N–H and O–H groups in total. The summed E-state index contributed by atoms with van der Waals surface area (Å²) in [4.78, 5) is 23.1. The molecule has 4 rings (SSSR count). The van der Waals surface area contributed by atoms with Gasteiger partial charge in [0.25, 0.3) is 0 Å². The third-order valence-electron chi connectivity index (χ3n) is 6.39. The lowest BCUT2D eigenvalue weighted by Gasteiger charge is -2.49. The molecule has 0 radical (unpaired) electrons. The Morgan fingerprint density at radius 1 is 1.15 bits per heavy atom. The zero-order chi connectivity index (χ0) is 18.0. The molecular weight excluding hydrogens is 328 g/mol. The zero-order valence-electron chi connectivity index (χ0n) is 15.8. The van der Waals surface area contributed by atoms with Gasteiger partial charge in [0.2, 0.25) is 5.91 Å². The third kappa shape index (κ3) is 3.71. The zero-order valence-corrected chi connectivity index (χ0v) is 15.8. The van der Waals surface area contributed by atoms with E-state index in [1.165, 1.54) is 0 Å². The lowest BCUT2D eigenvalue weighted by molar-refractivity contribution is -0.147. The Morgan fingerprint density at radius 2 is 1.92 bits per heavy atom. The molecule has 142 valence electrons. The molecular formula is C20H30N4O2. The van der Waals surface area contributed by atoms with Gasteiger partial charge in [0.1, 0.15) is 5.82 Å². The van der Waals surface area contributed by atoms with Crippen molar-refractivity contribution in [3.63, 3.8) is 0 Å². The molecule has 0 bridgehead atoms. The van der Waals surface area contributed by atoms with Crippen LogP contribution >= 0.6 is 0 Å². The molecule has 0 saturated carbocycles. The first-order chi connectivity index (χ1) is 12.7. The minimum atomic E-state index is -0.00696. The Hall–Kier alpha value is -1.66. The van der Waals surface area contributed by atoms with Crippen LogP contribution < -0.4 is 4.90 Å². The van der Waals surface area contributed by atoms with Gasteiger partial charge in [0.05, 0.1) is 5.60 Å². The summed E-state index contributed by atoms with van der Waals surface area (Å²) in [5, 5.41) is 0. The fourth-order valence-corrected chi connectivity index (χ4v) is 4.75. The largest absolute Gasteiger partial charge is 0.375 e. The lowest BCUT2D eigenvalue weighted by atomic mass is 9.81. The van der Waals surface area contributed by atoms with Crippen molar-refractivity contribution in [1.29, 1.82) is 0 Å². The first kappa shape index (κ1) is 17.7. The second-order valence-corrected chi connectivity index (χ2v) is 7.90. The summed E-state index contributed by atoms with van der Waals surface area (Å²) >= 11 is 0. The van der Waals surface area contributed by atoms with Crippen LogP contribution in [0.15, 0.2) is 24.4 Å². The van der Waals surface area contributed by atoms with E-state index in [0.717, 1.165) is 77.4 Å². The number of anilines is 1. The van der Waals surface area contributed by atoms with Crippen molar-refractivity contribution < 1.29 is 9.53 Å². The van der Waals surface area contributed by atoms with Gasteiger partial charge in [-0.25, -0.2) is 4.98 Å². The minimum Gasteiger partial charge on any atom is -0.375 e. The topological polar surface area (TPSA) is 48.9 Å². The molecule has 3 aliphatic heterocycles. The van der Waals surface area contributed by atoms with Gasteiger partial charge in [-0.2, -0.15) is 0 Å². The van der Waals surface area contributed by atoms with Crippen molar-refractivity contribution in [1.82, 2.24) is 14.8 Å². The maximum absolute atomic E-state index is 11.6. The van der Waals surface area contributed by atoms with Gasteiger partial charge in [0.15, 0.2) is 0 Å². The smallest absolute Gasteiger partial charge is 0.219 e. The molecule has 1 aromatic heterocycles. The summed E-state index contributed by atoms with van der Waals surface area (Å²) in [6.07, 6.45) is 6.08. The first-order valence-electron chi connectivity index (χ1n) is 9.95. The van der Waals surface area contributed by atoms with Crippen LogP contribution in [0.2, 0.25) is 0 Å². The van der Waals surface area contributed by atoms with Crippen molar-refractivity contribution in [2.75, 3.05) is 50.8 Å². The van der Waals surface area contributed by atoms with Crippen LogP contribution in [0.4, 0.5) is 5.82 Å². The molecule has 0 aromatic carbocycles. The van der Waals surface area contributed by atoms with E-state index < -0.39 is 0 Å². The number of hydrogen-bond donors (Lipinski definition) is 0. The molecule has 3 saturated heterocycles. The average Bonchev–Trinajstić information content (AvgIpc) is 2.69. The van der Waals surface area contributed by atoms with E-state index in [1.54, 1.807) is 6.92 Å². The number of piperidine rings is 1. The molecule has 6 heteroatoms. The van der Waals surface area contributed by atoms with Crippen LogP contribution in [0.25, 0.3) is 0 Å². The molecule has 1 amide bonds. The van der Waals surface area contributed by atoms with E-state index in [0.29, 0.717) is 6.04 Å². The predicted molar refractivity (Wildman–Crippen MR) is 101 cm³/mol. The molecule has 1 spiro atoms. The number of piperazine rings is 1. The normalized spacial score (nSPS) is 26.9. The van der Waals surface area contributed by atoms with E-state index in [4.69, 9.17) is 4.74 Å². The quantitative estimate of drug-likeness (QED) is 0.806. The second kappa shape index (κ2) is 7.53. The summed E-state index contributed by atoms with van der Waals surface area (Å²) in [7, 11) is 0. The highest BCUT2D eigenvalue weighted by atomic mass is 16.5. The van der Waals surface area contributed by atoms with Crippen LogP contribution in [0.1, 0.15) is 32.6 Å². The molecule has 6 nitrogen and oxygen atoms in total. The van der Waals surface area contributed by atoms with Crippen molar-refractivity contribution in [3.05, 3.63) is 24.4 Å². The number of amides is 1. The van der Waals surface area contributed by atoms with Crippen LogP contribution in [0.3, 0.4) is 0 Å². The maximum atomic E-state index is 11.6. The summed E-state index contributed by atoms with van der Waals surface area (Å²) in [5.41, 5.74) is -0.00696. The monoisotopic (exact) mass is 358 g/mol. The Balaban J connectivity index is 1.32. The number of aromatic nitrogens is 1. The molecule has 26 heavy (non-hydrogen) atoms. The number of ether oxygens (including phenoxy) is 1. The Bertz CT molecular complexity index is 607. The van der Waals surface area contributed by atoms with Crippen molar-refractivity contribution in [2.45, 2.75) is 44.2 Å². The predicted octanol–water partition coefficient (Wildman–Crippen LogP) is 1.76. The van der Waals surface area contributed by atoms with Crippen molar-refractivity contribution >= 4 is 11.7 Å². The van der Waals surface area contributed by atoms with E-state index in [9.17, 15) is 4.79 Å². The van der Waals surface area contributed by atoms with Gasteiger partial charge >= 0.3 is 0 Å². The van der Waals surface area contributed by atoms with Gasteiger partial charge < -0.3 is 14.5 Å². The van der Waals surface area contributed by atoms with Gasteiger partial charge in [-0.1, -0.05) is 6.07 Å². The first-order valence-corrected chi connectivity index (χ1v) is 9.95. The minimum absolute atomic E-state index is 0.00696. The molecule has 1 atom stereocenters. The molecule has 4 heterocycles.